The Labute approximate surface area is 165 Å². The van der Waals surface area contributed by atoms with Crippen molar-refractivity contribution >= 4 is 17.9 Å². The van der Waals surface area contributed by atoms with E-state index in [1.807, 2.05) is 44.2 Å². The van der Waals surface area contributed by atoms with Crippen LogP contribution in [0.1, 0.15) is 36.2 Å². The number of aliphatic hydroxyl groups is 1. The van der Waals surface area contributed by atoms with Crippen molar-refractivity contribution < 1.29 is 19.4 Å². The number of aliphatic hydroxyl groups excluding tert-OH is 1. The maximum absolute atomic E-state index is 12.5. The summed E-state index contributed by atoms with van der Waals surface area (Å²) in [6.45, 7) is 4.19. The Balaban J connectivity index is 2.20. The molecule has 28 heavy (non-hydrogen) atoms. The van der Waals surface area contributed by atoms with E-state index in [-0.39, 0.29) is 24.3 Å². The second-order valence-corrected chi connectivity index (χ2v) is 6.45. The average Bonchev–Trinajstić information content (AvgIpc) is 2.69. The van der Waals surface area contributed by atoms with Crippen molar-refractivity contribution in [3.8, 4) is 5.75 Å². The number of rotatable bonds is 9. The summed E-state index contributed by atoms with van der Waals surface area (Å²) in [4.78, 5) is 25.0. The largest absolute Gasteiger partial charge is 0.491 e. The molecule has 2 amide bonds. The lowest BCUT2D eigenvalue weighted by Crippen LogP contribution is -2.35. The third-order valence-corrected chi connectivity index (χ3v) is 3.71. The van der Waals surface area contributed by atoms with Gasteiger partial charge < -0.3 is 20.5 Å². The molecule has 0 bridgehead atoms. The monoisotopic (exact) mass is 382 g/mol. The Morgan fingerprint density at radius 1 is 1.07 bits per heavy atom. The zero-order valence-corrected chi connectivity index (χ0v) is 16.1. The average molecular weight is 382 g/mol. The zero-order chi connectivity index (χ0) is 20.4. The van der Waals surface area contributed by atoms with E-state index >= 15 is 0 Å². The van der Waals surface area contributed by atoms with E-state index in [2.05, 4.69) is 10.6 Å². The summed E-state index contributed by atoms with van der Waals surface area (Å²) < 4.78 is 5.62. The third kappa shape index (κ3) is 6.89. The highest BCUT2D eigenvalue weighted by atomic mass is 16.5. The summed E-state index contributed by atoms with van der Waals surface area (Å²) >= 11 is 0. The molecule has 0 saturated carbocycles. The number of carbonyl (C=O) groups excluding carboxylic acids is 2. The fourth-order valence-corrected chi connectivity index (χ4v) is 2.40. The molecule has 0 atom stereocenters. The first-order valence-corrected chi connectivity index (χ1v) is 9.23. The van der Waals surface area contributed by atoms with Gasteiger partial charge in [0.2, 0.25) is 0 Å². The van der Waals surface area contributed by atoms with Gasteiger partial charge in [-0.25, -0.2) is 0 Å². The second kappa shape index (κ2) is 10.9. The number of benzene rings is 2. The molecule has 3 N–H and O–H groups in total. The van der Waals surface area contributed by atoms with Crippen molar-refractivity contribution in [3.05, 3.63) is 71.4 Å². The highest BCUT2D eigenvalue weighted by Gasteiger charge is 2.14. The van der Waals surface area contributed by atoms with Crippen molar-refractivity contribution in [1.29, 1.82) is 0 Å². The van der Waals surface area contributed by atoms with Gasteiger partial charge in [0.25, 0.3) is 11.8 Å². The molecule has 0 heterocycles. The lowest BCUT2D eigenvalue weighted by molar-refractivity contribution is -0.117. The van der Waals surface area contributed by atoms with E-state index in [9.17, 15) is 9.59 Å². The molecule has 0 spiro atoms. The predicted molar refractivity (Wildman–Crippen MR) is 109 cm³/mol. The molecule has 0 aromatic heterocycles. The maximum atomic E-state index is 12.5. The van der Waals surface area contributed by atoms with Gasteiger partial charge in [-0.2, -0.15) is 0 Å². The number of ether oxygens (including phenoxy) is 1. The van der Waals surface area contributed by atoms with Crippen LogP contribution < -0.4 is 15.4 Å². The van der Waals surface area contributed by atoms with E-state index in [0.29, 0.717) is 18.5 Å². The molecular weight excluding hydrogens is 356 g/mol. The van der Waals surface area contributed by atoms with Crippen molar-refractivity contribution in [2.45, 2.75) is 26.4 Å². The third-order valence-electron chi connectivity index (χ3n) is 3.71. The highest BCUT2D eigenvalue weighted by molar-refractivity contribution is 6.05. The van der Waals surface area contributed by atoms with Crippen LogP contribution in [-0.4, -0.2) is 36.2 Å². The summed E-state index contributed by atoms with van der Waals surface area (Å²) in [5.74, 6) is -0.0569. The van der Waals surface area contributed by atoms with Gasteiger partial charge in [-0.15, -0.1) is 0 Å². The SMILES string of the molecule is CC(C)Oc1ccc(/C=C(/NC(=O)c2ccccc2)C(=O)NCCCO)cc1. The number of hydrogen-bond acceptors (Lipinski definition) is 4. The fourth-order valence-electron chi connectivity index (χ4n) is 2.40. The van der Waals surface area contributed by atoms with Crippen LogP contribution in [0.15, 0.2) is 60.3 Å². The van der Waals surface area contributed by atoms with Gasteiger partial charge in [-0.1, -0.05) is 30.3 Å². The van der Waals surface area contributed by atoms with Crippen LogP contribution in [0.2, 0.25) is 0 Å². The van der Waals surface area contributed by atoms with Crippen LogP contribution in [0, 0.1) is 0 Å². The van der Waals surface area contributed by atoms with Crippen LogP contribution in [-0.2, 0) is 4.79 Å². The summed E-state index contributed by atoms with van der Waals surface area (Å²) in [5.41, 5.74) is 1.33. The molecule has 2 rings (SSSR count). The Morgan fingerprint density at radius 3 is 2.36 bits per heavy atom. The first-order chi connectivity index (χ1) is 13.5. The van der Waals surface area contributed by atoms with E-state index in [4.69, 9.17) is 9.84 Å². The van der Waals surface area contributed by atoms with Gasteiger partial charge in [-0.05, 0) is 56.2 Å². The lowest BCUT2D eigenvalue weighted by atomic mass is 10.1. The normalized spacial score (nSPS) is 11.2. The standard InChI is InChI=1S/C22H26N2O4/c1-16(2)28-19-11-9-17(10-12-19)15-20(22(27)23-13-6-14-25)24-21(26)18-7-4-3-5-8-18/h3-5,7-12,15-16,25H,6,13-14H2,1-2H3,(H,23,27)(H,24,26)/b20-15+. The van der Waals surface area contributed by atoms with Crippen LogP contribution in [0.3, 0.4) is 0 Å². The van der Waals surface area contributed by atoms with Gasteiger partial charge in [0.15, 0.2) is 0 Å². The second-order valence-electron chi connectivity index (χ2n) is 6.45. The van der Waals surface area contributed by atoms with Crippen LogP contribution in [0.4, 0.5) is 0 Å². The lowest BCUT2D eigenvalue weighted by Gasteiger charge is -2.12. The Hall–Kier alpha value is -3.12. The predicted octanol–water partition coefficient (Wildman–Crippen LogP) is 2.74. The first-order valence-electron chi connectivity index (χ1n) is 9.23. The van der Waals surface area contributed by atoms with E-state index in [1.165, 1.54) is 0 Å². The summed E-state index contributed by atoms with van der Waals surface area (Å²) in [6.07, 6.45) is 2.11. The maximum Gasteiger partial charge on any atom is 0.267 e. The fraction of sp³-hybridized carbons (Fsp3) is 0.273. The van der Waals surface area contributed by atoms with E-state index in [0.717, 1.165) is 11.3 Å². The molecule has 0 aliphatic carbocycles. The first kappa shape index (κ1) is 21.2. The quantitative estimate of drug-likeness (QED) is 0.460. The zero-order valence-electron chi connectivity index (χ0n) is 16.1. The molecule has 0 radical (unpaired) electrons. The molecule has 148 valence electrons. The summed E-state index contributed by atoms with van der Waals surface area (Å²) in [6, 6.07) is 15.9. The Kier molecular flexibility index (Phi) is 8.24. The number of hydrogen-bond donors (Lipinski definition) is 3. The van der Waals surface area contributed by atoms with E-state index in [1.54, 1.807) is 30.3 Å². The van der Waals surface area contributed by atoms with Crippen molar-refractivity contribution in [2.24, 2.45) is 0 Å². The smallest absolute Gasteiger partial charge is 0.267 e. The molecule has 0 aliphatic heterocycles. The van der Waals surface area contributed by atoms with E-state index < -0.39 is 5.91 Å². The molecule has 6 heteroatoms. The van der Waals surface area contributed by atoms with Crippen molar-refractivity contribution in [1.82, 2.24) is 10.6 Å². The van der Waals surface area contributed by atoms with Crippen molar-refractivity contribution in [3.63, 3.8) is 0 Å². The van der Waals surface area contributed by atoms with Crippen molar-refractivity contribution in [2.75, 3.05) is 13.2 Å². The molecule has 2 aromatic rings. The topological polar surface area (TPSA) is 87.7 Å². The van der Waals surface area contributed by atoms with Gasteiger partial charge >= 0.3 is 0 Å². The summed E-state index contributed by atoms with van der Waals surface area (Å²) in [7, 11) is 0. The van der Waals surface area contributed by atoms with Crippen LogP contribution in [0.5, 0.6) is 5.75 Å². The van der Waals surface area contributed by atoms with Gasteiger partial charge in [0.1, 0.15) is 11.4 Å². The highest BCUT2D eigenvalue weighted by Crippen LogP contribution is 2.16. The van der Waals surface area contributed by atoms with Gasteiger partial charge in [-0.3, -0.25) is 9.59 Å². The molecule has 6 nitrogen and oxygen atoms in total. The molecular formula is C22H26N2O4. The Bertz CT molecular complexity index is 799. The van der Waals surface area contributed by atoms with Gasteiger partial charge in [0.05, 0.1) is 6.10 Å². The molecule has 0 saturated heterocycles. The number of carbonyl (C=O) groups is 2. The molecule has 0 fully saturated rings. The minimum Gasteiger partial charge on any atom is -0.491 e. The Morgan fingerprint density at radius 2 is 1.75 bits per heavy atom. The molecule has 0 aliphatic rings. The minimum atomic E-state index is -0.416. The molecule has 2 aromatic carbocycles. The van der Waals surface area contributed by atoms with Crippen LogP contribution >= 0.6 is 0 Å². The van der Waals surface area contributed by atoms with Crippen LogP contribution in [0.25, 0.3) is 6.08 Å². The minimum absolute atomic E-state index is 0.0208. The number of nitrogens with one attached hydrogen (secondary N) is 2. The molecule has 0 unspecified atom stereocenters. The van der Waals surface area contributed by atoms with Gasteiger partial charge in [0, 0.05) is 18.7 Å². The summed E-state index contributed by atoms with van der Waals surface area (Å²) in [5, 5.41) is 14.3. The number of amides is 2.